The monoisotopic (exact) mass is 263 g/mol. The van der Waals surface area contributed by atoms with Crippen LogP contribution in [0.2, 0.25) is 0 Å². The average molecular weight is 263 g/mol. The van der Waals surface area contributed by atoms with Crippen LogP contribution in [0.4, 0.5) is 0 Å². The molecule has 0 aliphatic rings. The van der Waals surface area contributed by atoms with Crippen LogP contribution in [0, 0.1) is 0 Å². The van der Waals surface area contributed by atoms with E-state index in [4.69, 9.17) is 4.74 Å². The zero-order chi connectivity index (χ0) is 12.8. The fourth-order valence-corrected chi connectivity index (χ4v) is 2.03. The van der Waals surface area contributed by atoms with Crippen molar-refractivity contribution in [1.29, 1.82) is 0 Å². The third-order valence-corrected chi connectivity index (χ3v) is 3.23. The molecule has 18 heavy (non-hydrogen) atoms. The molecule has 0 atom stereocenters. The summed E-state index contributed by atoms with van der Waals surface area (Å²) >= 11 is 1.50. The van der Waals surface area contributed by atoms with Gasteiger partial charge in [-0.15, -0.1) is 10.2 Å². The molecule has 0 N–H and O–H groups in total. The Hall–Kier alpha value is -1.82. The number of carbonyl (C=O) groups excluding carboxylic acids is 1. The number of benzene rings is 1. The van der Waals surface area contributed by atoms with Crippen LogP contribution in [0.15, 0.2) is 41.8 Å². The molecule has 6 heteroatoms. The number of ether oxygens (including phenoxy) is 1. The second-order valence-electron chi connectivity index (χ2n) is 3.57. The minimum absolute atomic E-state index is 0.297. The number of hydrogen-bond acceptors (Lipinski definition) is 5. The molecule has 2 rings (SSSR count). The highest BCUT2D eigenvalue weighted by atomic mass is 32.2. The summed E-state index contributed by atoms with van der Waals surface area (Å²) in [6, 6.07) is 8.95. The molecule has 0 radical (unpaired) electrons. The van der Waals surface area contributed by atoms with Gasteiger partial charge in [0.25, 0.3) is 0 Å². The third kappa shape index (κ3) is 3.33. The molecule has 1 heterocycles. The van der Waals surface area contributed by atoms with Gasteiger partial charge in [0.15, 0.2) is 5.16 Å². The van der Waals surface area contributed by atoms with E-state index in [-0.39, 0.29) is 5.97 Å². The van der Waals surface area contributed by atoms with Gasteiger partial charge in [-0.25, -0.2) is 4.79 Å². The number of carbonyl (C=O) groups is 1. The lowest BCUT2D eigenvalue weighted by Gasteiger charge is -2.04. The Morgan fingerprint density at radius 1 is 1.39 bits per heavy atom. The van der Waals surface area contributed by atoms with Crippen molar-refractivity contribution in [2.75, 3.05) is 12.4 Å². The van der Waals surface area contributed by atoms with E-state index < -0.39 is 0 Å². The van der Waals surface area contributed by atoms with Gasteiger partial charge in [0.1, 0.15) is 12.9 Å². The van der Waals surface area contributed by atoms with Crippen molar-refractivity contribution in [2.24, 2.45) is 7.05 Å². The zero-order valence-corrected chi connectivity index (χ0v) is 10.8. The molecule has 0 saturated heterocycles. The standard InChI is InChI=1S/C12H13N3O2S/c1-15-9-13-14-12(15)18-8-7-17-11(16)10-5-3-2-4-6-10/h2-6,9H,7-8H2,1H3. The van der Waals surface area contributed by atoms with E-state index in [1.54, 1.807) is 18.5 Å². The lowest BCUT2D eigenvalue weighted by molar-refractivity contribution is 0.0530. The molecule has 0 aliphatic carbocycles. The maximum Gasteiger partial charge on any atom is 0.338 e. The number of aromatic nitrogens is 3. The minimum atomic E-state index is -0.297. The van der Waals surface area contributed by atoms with E-state index in [1.165, 1.54) is 11.8 Å². The number of aryl methyl sites for hydroxylation is 1. The molecule has 0 bridgehead atoms. The van der Waals surface area contributed by atoms with E-state index in [9.17, 15) is 4.79 Å². The second-order valence-corrected chi connectivity index (χ2v) is 4.64. The van der Waals surface area contributed by atoms with Crippen molar-refractivity contribution in [1.82, 2.24) is 14.8 Å². The number of rotatable bonds is 5. The lowest BCUT2D eigenvalue weighted by Crippen LogP contribution is -2.07. The summed E-state index contributed by atoms with van der Waals surface area (Å²) in [5.74, 6) is 0.361. The summed E-state index contributed by atoms with van der Waals surface area (Å²) in [5.41, 5.74) is 0.571. The van der Waals surface area contributed by atoms with E-state index in [1.807, 2.05) is 29.8 Å². The molecular formula is C12H13N3O2S. The van der Waals surface area contributed by atoms with Crippen LogP contribution in [0.25, 0.3) is 0 Å². The Morgan fingerprint density at radius 2 is 2.17 bits per heavy atom. The Kier molecular flexibility index (Phi) is 4.35. The van der Waals surface area contributed by atoms with Crippen molar-refractivity contribution < 1.29 is 9.53 Å². The predicted molar refractivity (Wildman–Crippen MR) is 68.5 cm³/mol. The molecule has 2 aromatic rings. The Bertz CT molecular complexity index is 513. The van der Waals surface area contributed by atoms with Gasteiger partial charge < -0.3 is 9.30 Å². The maximum absolute atomic E-state index is 11.6. The number of thioether (sulfide) groups is 1. The summed E-state index contributed by atoms with van der Waals surface area (Å²) in [6.07, 6.45) is 1.64. The quantitative estimate of drug-likeness (QED) is 0.467. The van der Waals surface area contributed by atoms with Crippen LogP contribution in [0.3, 0.4) is 0 Å². The fourth-order valence-electron chi connectivity index (χ4n) is 1.33. The first-order valence-corrected chi connectivity index (χ1v) is 6.45. The maximum atomic E-state index is 11.6. The van der Waals surface area contributed by atoms with Crippen molar-refractivity contribution in [3.8, 4) is 0 Å². The van der Waals surface area contributed by atoms with Gasteiger partial charge in [-0.2, -0.15) is 0 Å². The Balaban J connectivity index is 1.73. The first kappa shape index (κ1) is 12.6. The molecule has 0 fully saturated rings. The van der Waals surface area contributed by atoms with Crippen LogP contribution in [-0.2, 0) is 11.8 Å². The lowest BCUT2D eigenvalue weighted by atomic mass is 10.2. The van der Waals surface area contributed by atoms with Crippen molar-refractivity contribution >= 4 is 17.7 Å². The van der Waals surface area contributed by atoms with Crippen molar-refractivity contribution in [3.05, 3.63) is 42.2 Å². The fraction of sp³-hybridized carbons (Fsp3) is 0.250. The van der Waals surface area contributed by atoms with Gasteiger partial charge in [0.2, 0.25) is 0 Å². The van der Waals surface area contributed by atoms with Crippen LogP contribution in [0.1, 0.15) is 10.4 Å². The second kappa shape index (κ2) is 6.20. The van der Waals surface area contributed by atoms with Gasteiger partial charge in [-0.05, 0) is 12.1 Å². The average Bonchev–Trinajstić information content (AvgIpc) is 2.81. The number of hydrogen-bond donors (Lipinski definition) is 0. The van der Waals surface area contributed by atoms with E-state index in [2.05, 4.69) is 10.2 Å². The minimum Gasteiger partial charge on any atom is -0.461 e. The summed E-state index contributed by atoms with van der Waals surface area (Å²) in [4.78, 5) is 11.6. The van der Waals surface area contributed by atoms with Crippen LogP contribution >= 0.6 is 11.8 Å². The van der Waals surface area contributed by atoms with E-state index >= 15 is 0 Å². The molecule has 0 amide bonds. The molecule has 1 aromatic heterocycles. The smallest absolute Gasteiger partial charge is 0.338 e. The number of nitrogens with zero attached hydrogens (tertiary/aromatic N) is 3. The van der Waals surface area contributed by atoms with Gasteiger partial charge in [0, 0.05) is 12.8 Å². The molecule has 0 aliphatic heterocycles. The Labute approximate surface area is 109 Å². The molecular weight excluding hydrogens is 250 g/mol. The molecule has 94 valence electrons. The summed E-state index contributed by atoms with van der Waals surface area (Å²) in [6.45, 7) is 0.352. The zero-order valence-electron chi connectivity index (χ0n) is 9.94. The number of esters is 1. The largest absolute Gasteiger partial charge is 0.461 e. The molecule has 5 nitrogen and oxygen atoms in total. The van der Waals surface area contributed by atoms with Gasteiger partial charge >= 0.3 is 5.97 Å². The highest BCUT2D eigenvalue weighted by Crippen LogP contribution is 2.12. The van der Waals surface area contributed by atoms with Crippen LogP contribution in [-0.4, -0.2) is 33.1 Å². The first-order chi connectivity index (χ1) is 8.77. The van der Waals surface area contributed by atoms with Gasteiger partial charge in [0.05, 0.1) is 5.56 Å². The third-order valence-electron chi connectivity index (χ3n) is 2.23. The topological polar surface area (TPSA) is 57.0 Å². The van der Waals surface area contributed by atoms with Crippen molar-refractivity contribution in [3.63, 3.8) is 0 Å². The summed E-state index contributed by atoms with van der Waals surface area (Å²) < 4.78 is 6.97. The van der Waals surface area contributed by atoms with Gasteiger partial charge in [-0.1, -0.05) is 30.0 Å². The molecule has 1 aromatic carbocycles. The van der Waals surface area contributed by atoms with Crippen LogP contribution < -0.4 is 0 Å². The van der Waals surface area contributed by atoms with E-state index in [0.29, 0.717) is 17.9 Å². The predicted octanol–water partition coefficient (Wildman–Crippen LogP) is 1.76. The highest BCUT2D eigenvalue weighted by molar-refractivity contribution is 7.99. The van der Waals surface area contributed by atoms with Crippen LogP contribution in [0.5, 0.6) is 0 Å². The summed E-state index contributed by atoms with van der Waals surface area (Å²) in [7, 11) is 1.87. The normalized spacial score (nSPS) is 10.3. The van der Waals surface area contributed by atoms with Crippen molar-refractivity contribution in [2.45, 2.75) is 5.16 Å². The van der Waals surface area contributed by atoms with E-state index in [0.717, 1.165) is 5.16 Å². The molecule has 0 spiro atoms. The molecule has 0 saturated carbocycles. The van der Waals surface area contributed by atoms with Gasteiger partial charge in [-0.3, -0.25) is 0 Å². The SMILES string of the molecule is Cn1cnnc1SCCOC(=O)c1ccccc1. The highest BCUT2D eigenvalue weighted by Gasteiger charge is 2.06. The first-order valence-electron chi connectivity index (χ1n) is 5.46. The summed E-state index contributed by atoms with van der Waals surface area (Å²) in [5, 5.41) is 8.50. The Morgan fingerprint density at radius 3 is 2.83 bits per heavy atom. The molecule has 0 unspecified atom stereocenters.